The van der Waals surface area contributed by atoms with Crippen molar-refractivity contribution in [2.45, 2.75) is 43.6 Å². The Morgan fingerprint density at radius 3 is 2.48 bits per heavy atom. The number of hydrogen-bond acceptors (Lipinski definition) is 4. The molecule has 1 aromatic rings. The number of nitrogens with zero attached hydrogens (tertiary/aromatic N) is 1. The number of benzene rings is 1. The molecular formula is C19H26N2O4. The van der Waals surface area contributed by atoms with E-state index in [4.69, 9.17) is 15.2 Å². The van der Waals surface area contributed by atoms with E-state index in [-0.39, 0.29) is 12.5 Å². The van der Waals surface area contributed by atoms with Crippen molar-refractivity contribution < 1.29 is 19.1 Å². The number of ether oxygens (including phenoxy) is 2. The van der Waals surface area contributed by atoms with Crippen LogP contribution in [0.5, 0.6) is 5.75 Å². The monoisotopic (exact) mass is 346 g/mol. The number of nitrogens with two attached hydrogens (primary N) is 1. The Balaban J connectivity index is 1.88. The molecule has 0 bridgehead atoms. The standard InChI is InChI=1S/C19H26N2O4/c1-24-15-7-5-14(6-8-15)19(9-3-2-4-10-19)18(23)21-11-12-25-16(13-21)17(20)22/h5-8,16H,2-4,9-13H2,1H3,(H2,20,22). The second-order valence-electron chi connectivity index (χ2n) is 6.88. The van der Waals surface area contributed by atoms with Crippen LogP contribution < -0.4 is 10.5 Å². The molecule has 6 heteroatoms. The number of methoxy groups -OCH3 is 1. The van der Waals surface area contributed by atoms with E-state index in [1.165, 1.54) is 0 Å². The number of carbonyl (C=O) groups is 2. The summed E-state index contributed by atoms with van der Waals surface area (Å²) in [6.07, 6.45) is 4.16. The summed E-state index contributed by atoms with van der Waals surface area (Å²) in [7, 11) is 1.63. The highest BCUT2D eigenvalue weighted by molar-refractivity contribution is 5.89. The third kappa shape index (κ3) is 3.49. The molecule has 2 N–H and O–H groups in total. The van der Waals surface area contributed by atoms with Gasteiger partial charge in [-0.2, -0.15) is 0 Å². The summed E-state index contributed by atoms with van der Waals surface area (Å²) in [6, 6.07) is 7.80. The molecule has 1 aliphatic carbocycles. The summed E-state index contributed by atoms with van der Waals surface area (Å²) in [4.78, 5) is 26.7. The van der Waals surface area contributed by atoms with Crippen molar-refractivity contribution in [3.8, 4) is 5.75 Å². The van der Waals surface area contributed by atoms with Gasteiger partial charge in [0.1, 0.15) is 5.75 Å². The molecule has 1 atom stereocenters. The summed E-state index contributed by atoms with van der Waals surface area (Å²) < 4.78 is 10.6. The molecule has 0 radical (unpaired) electrons. The smallest absolute Gasteiger partial charge is 0.248 e. The molecule has 2 amide bonds. The van der Waals surface area contributed by atoms with Gasteiger partial charge >= 0.3 is 0 Å². The number of morpholine rings is 1. The van der Waals surface area contributed by atoms with Crippen LogP contribution in [-0.2, 0) is 19.7 Å². The summed E-state index contributed by atoms with van der Waals surface area (Å²) >= 11 is 0. The van der Waals surface area contributed by atoms with Gasteiger partial charge in [0.25, 0.3) is 0 Å². The van der Waals surface area contributed by atoms with E-state index < -0.39 is 17.4 Å². The van der Waals surface area contributed by atoms with E-state index in [0.717, 1.165) is 43.4 Å². The van der Waals surface area contributed by atoms with Crippen molar-refractivity contribution in [2.75, 3.05) is 26.8 Å². The molecule has 1 unspecified atom stereocenters. The predicted octanol–water partition coefficient (Wildman–Crippen LogP) is 1.61. The SMILES string of the molecule is COc1ccc(C2(C(=O)N3CCOC(C(N)=O)C3)CCCCC2)cc1. The number of rotatable bonds is 4. The minimum atomic E-state index is -0.714. The van der Waals surface area contributed by atoms with Gasteiger partial charge in [0, 0.05) is 6.54 Å². The van der Waals surface area contributed by atoms with Crippen LogP contribution in [0, 0.1) is 0 Å². The quantitative estimate of drug-likeness (QED) is 0.898. The van der Waals surface area contributed by atoms with Gasteiger partial charge in [-0.05, 0) is 30.5 Å². The Kier molecular flexibility index (Phi) is 5.27. The van der Waals surface area contributed by atoms with Gasteiger partial charge in [0.05, 0.1) is 25.7 Å². The molecule has 1 saturated carbocycles. The van der Waals surface area contributed by atoms with Crippen LogP contribution in [0.25, 0.3) is 0 Å². The van der Waals surface area contributed by atoms with Crippen molar-refractivity contribution in [3.05, 3.63) is 29.8 Å². The van der Waals surface area contributed by atoms with E-state index >= 15 is 0 Å². The molecule has 25 heavy (non-hydrogen) atoms. The molecule has 136 valence electrons. The molecular weight excluding hydrogens is 320 g/mol. The zero-order valence-electron chi connectivity index (χ0n) is 14.7. The third-order valence-corrected chi connectivity index (χ3v) is 5.43. The third-order valence-electron chi connectivity index (χ3n) is 5.43. The second-order valence-corrected chi connectivity index (χ2v) is 6.88. The number of amides is 2. The molecule has 1 aromatic carbocycles. The van der Waals surface area contributed by atoms with E-state index in [0.29, 0.717) is 13.2 Å². The predicted molar refractivity (Wildman–Crippen MR) is 93.3 cm³/mol. The fourth-order valence-corrected chi connectivity index (χ4v) is 4.00. The van der Waals surface area contributed by atoms with Crippen LogP contribution >= 0.6 is 0 Å². The van der Waals surface area contributed by atoms with Crippen LogP contribution in [0.15, 0.2) is 24.3 Å². The first-order chi connectivity index (χ1) is 12.1. The van der Waals surface area contributed by atoms with E-state index in [9.17, 15) is 9.59 Å². The van der Waals surface area contributed by atoms with Gasteiger partial charge in [-0.25, -0.2) is 0 Å². The van der Waals surface area contributed by atoms with Gasteiger partial charge in [-0.15, -0.1) is 0 Å². The molecule has 0 aromatic heterocycles. The van der Waals surface area contributed by atoms with E-state index in [2.05, 4.69) is 0 Å². The number of primary amides is 1. The largest absolute Gasteiger partial charge is 0.497 e. The minimum Gasteiger partial charge on any atom is -0.497 e. The normalized spacial score (nSPS) is 23.1. The lowest BCUT2D eigenvalue weighted by atomic mass is 9.68. The highest BCUT2D eigenvalue weighted by atomic mass is 16.5. The lowest BCUT2D eigenvalue weighted by Gasteiger charge is -2.42. The molecule has 0 spiro atoms. The van der Waals surface area contributed by atoms with Crippen molar-refractivity contribution in [1.82, 2.24) is 4.90 Å². The van der Waals surface area contributed by atoms with Crippen LogP contribution in [0.4, 0.5) is 0 Å². The Morgan fingerprint density at radius 1 is 1.20 bits per heavy atom. The van der Waals surface area contributed by atoms with E-state index in [1.54, 1.807) is 12.0 Å². The van der Waals surface area contributed by atoms with Crippen LogP contribution in [-0.4, -0.2) is 49.6 Å². The first-order valence-corrected chi connectivity index (χ1v) is 8.92. The molecule has 1 aliphatic heterocycles. The van der Waals surface area contributed by atoms with Gasteiger partial charge < -0.3 is 20.1 Å². The topological polar surface area (TPSA) is 81.9 Å². The number of hydrogen-bond donors (Lipinski definition) is 1. The first kappa shape index (κ1) is 17.7. The molecule has 1 saturated heterocycles. The first-order valence-electron chi connectivity index (χ1n) is 8.92. The Bertz CT molecular complexity index is 623. The summed E-state index contributed by atoms with van der Waals surface area (Å²) in [5.41, 5.74) is 5.87. The average molecular weight is 346 g/mol. The maximum Gasteiger partial charge on any atom is 0.248 e. The lowest BCUT2D eigenvalue weighted by Crippen LogP contribution is -2.56. The van der Waals surface area contributed by atoms with Crippen LogP contribution in [0.3, 0.4) is 0 Å². The molecule has 6 nitrogen and oxygen atoms in total. The van der Waals surface area contributed by atoms with Gasteiger partial charge in [0.15, 0.2) is 6.10 Å². The maximum atomic E-state index is 13.5. The molecule has 1 heterocycles. The number of carbonyl (C=O) groups excluding carboxylic acids is 2. The zero-order valence-corrected chi connectivity index (χ0v) is 14.7. The second kappa shape index (κ2) is 7.44. The fraction of sp³-hybridized carbons (Fsp3) is 0.579. The highest BCUT2D eigenvalue weighted by Crippen LogP contribution is 2.41. The Morgan fingerprint density at radius 2 is 1.88 bits per heavy atom. The van der Waals surface area contributed by atoms with Crippen LogP contribution in [0.2, 0.25) is 0 Å². The summed E-state index contributed by atoms with van der Waals surface area (Å²) in [5.74, 6) is 0.355. The maximum absolute atomic E-state index is 13.5. The van der Waals surface area contributed by atoms with Crippen molar-refractivity contribution in [2.24, 2.45) is 5.73 Å². The van der Waals surface area contributed by atoms with E-state index in [1.807, 2.05) is 24.3 Å². The summed E-state index contributed by atoms with van der Waals surface area (Å²) in [6.45, 7) is 1.09. The van der Waals surface area contributed by atoms with Crippen molar-refractivity contribution in [3.63, 3.8) is 0 Å². The van der Waals surface area contributed by atoms with Crippen molar-refractivity contribution in [1.29, 1.82) is 0 Å². The lowest BCUT2D eigenvalue weighted by molar-refractivity contribution is -0.150. The van der Waals surface area contributed by atoms with Gasteiger partial charge in [0.2, 0.25) is 11.8 Å². The van der Waals surface area contributed by atoms with Gasteiger partial charge in [-0.1, -0.05) is 31.4 Å². The van der Waals surface area contributed by atoms with Crippen LogP contribution in [0.1, 0.15) is 37.7 Å². The highest BCUT2D eigenvalue weighted by Gasteiger charge is 2.44. The molecule has 2 fully saturated rings. The molecule has 3 rings (SSSR count). The minimum absolute atomic E-state index is 0.0897. The zero-order chi connectivity index (χ0) is 17.9. The summed E-state index contributed by atoms with van der Waals surface area (Å²) in [5, 5.41) is 0. The van der Waals surface area contributed by atoms with Gasteiger partial charge in [-0.3, -0.25) is 9.59 Å². The van der Waals surface area contributed by atoms with Crippen molar-refractivity contribution >= 4 is 11.8 Å². The Hall–Kier alpha value is -2.08. The molecule has 2 aliphatic rings. The Labute approximate surface area is 148 Å². The average Bonchev–Trinajstić information content (AvgIpc) is 2.68. The fourth-order valence-electron chi connectivity index (χ4n) is 4.00.